The van der Waals surface area contributed by atoms with E-state index >= 15 is 0 Å². The molecule has 1 aromatic heterocycles. The van der Waals surface area contributed by atoms with Crippen LogP contribution in [0.5, 0.6) is 0 Å². The zero-order valence-electron chi connectivity index (χ0n) is 17.4. The maximum absolute atomic E-state index is 13.1. The molecule has 1 atom stereocenters. The van der Waals surface area contributed by atoms with E-state index in [4.69, 9.17) is 16.0 Å². The lowest BCUT2D eigenvalue weighted by Gasteiger charge is -2.20. The highest BCUT2D eigenvalue weighted by atomic mass is 35.5. The Bertz CT molecular complexity index is 1240. The Morgan fingerprint density at radius 2 is 1.91 bits per heavy atom. The molecule has 32 heavy (non-hydrogen) atoms. The second kappa shape index (κ2) is 9.18. The first-order chi connectivity index (χ1) is 15.3. The van der Waals surface area contributed by atoms with E-state index in [-0.39, 0.29) is 24.2 Å². The van der Waals surface area contributed by atoms with Gasteiger partial charge in [0, 0.05) is 23.4 Å². The van der Waals surface area contributed by atoms with Gasteiger partial charge in [-0.05, 0) is 41.5 Å². The molecule has 2 aromatic carbocycles. The molecule has 2 heterocycles. The Morgan fingerprint density at radius 3 is 2.59 bits per heavy atom. The van der Waals surface area contributed by atoms with Gasteiger partial charge in [-0.15, -0.1) is 0 Å². The number of carbonyl (C=O) groups is 1. The number of carbonyl (C=O) groups excluding carboxylic acids is 1. The molecule has 7 nitrogen and oxygen atoms in total. The molecule has 9 heteroatoms. The van der Waals surface area contributed by atoms with E-state index < -0.39 is 9.84 Å². The molecule has 3 aromatic rings. The van der Waals surface area contributed by atoms with Gasteiger partial charge in [0.25, 0.3) is 5.91 Å². The van der Waals surface area contributed by atoms with Crippen LogP contribution in [0.2, 0.25) is 5.02 Å². The van der Waals surface area contributed by atoms with Gasteiger partial charge in [0.15, 0.2) is 9.84 Å². The van der Waals surface area contributed by atoms with Crippen molar-refractivity contribution in [2.75, 3.05) is 18.1 Å². The van der Waals surface area contributed by atoms with E-state index in [1.807, 2.05) is 18.2 Å². The fourth-order valence-electron chi connectivity index (χ4n) is 3.61. The van der Waals surface area contributed by atoms with E-state index in [1.165, 1.54) is 11.3 Å². The average Bonchev–Trinajstić information content (AvgIpc) is 3.42. The third-order valence-electron chi connectivity index (χ3n) is 5.08. The molecule has 1 aliphatic heterocycles. The Balaban J connectivity index is 1.55. The summed E-state index contributed by atoms with van der Waals surface area (Å²) in [5.41, 5.74) is 2.85. The van der Waals surface area contributed by atoms with Crippen LogP contribution in [0.4, 0.5) is 5.69 Å². The summed E-state index contributed by atoms with van der Waals surface area (Å²) in [6, 6.07) is 17.6. The molecule has 1 N–H and O–H groups in total. The lowest BCUT2D eigenvalue weighted by atomic mass is 10.0. The summed E-state index contributed by atoms with van der Waals surface area (Å²) in [7, 11) is -3.21. The molecule has 1 amide bonds. The Kier molecular flexibility index (Phi) is 6.34. The highest BCUT2D eigenvalue weighted by molar-refractivity contribution is 7.89. The van der Waals surface area contributed by atoms with E-state index in [9.17, 15) is 13.2 Å². The third kappa shape index (κ3) is 5.20. The first kappa shape index (κ1) is 22.1. The van der Waals surface area contributed by atoms with Crippen molar-refractivity contribution in [3.63, 3.8) is 0 Å². The van der Waals surface area contributed by atoms with E-state index in [2.05, 4.69) is 10.4 Å². The molecule has 1 unspecified atom stereocenters. The quantitative estimate of drug-likeness (QED) is 0.555. The van der Waals surface area contributed by atoms with Crippen LogP contribution in [0.15, 0.2) is 76.4 Å². The number of halogens is 1. The minimum Gasteiger partial charge on any atom is -0.467 e. The molecule has 4 rings (SSSR count). The lowest BCUT2D eigenvalue weighted by molar-refractivity contribution is -0.131. The molecule has 0 saturated carbocycles. The van der Waals surface area contributed by atoms with Crippen LogP contribution in [-0.4, -0.2) is 37.8 Å². The summed E-state index contributed by atoms with van der Waals surface area (Å²) >= 11 is 5.99. The monoisotopic (exact) mass is 471 g/mol. The van der Waals surface area contributed by atoms with Gasteiger partial charge in [0.05, 0.1) is 24.3 Å². The summed E-state index contributed by atoms with van der Waals surface area (Å²) in [6.45, 7) is -0.0462. The van der Waals surface area contributed by atoms with Gasteiger partial charge in [0.1, 0.15) is 11.8 Å². The summed E-state index contributed by atoms with van der Waals surface area (Å²) in [5.74, 6) is 0.273. The normalized spacial score (nSPS) is 16.1. The number of nitrogens with one attached hydrogen (secondary N) is 1. The molecule has 0 spiro atoms. The van der Waals surface area contributed by atoms with Crippen molar-refractivity contribution >= 4 is 38.7 Å². The molecular weight excluding hydrogens is 450 g/mol. The van der Waals surface area contributed by atoms with Gasteiger partial charge in [-0.3, -0.25) is 4.79 Å². The first-order valence-electron chi connectivity index (χ1n) is 9.98. The average molecular weight is 472 g/mol. The van der Waals surface area contributed by atoms with Crippen molar-refractivity contribution in [2.45, 2.75) is 18.2 Å². The number of nitrogens with zero attached hydrogens (tertiary/aromatic N) is 2. The number of furan rings is 1. The minimum absolute atomic E-state index is 0.0462. The molecule has 0 radical (unpaired) electrons. The van der Waals surface area contributed by atoms with Crippen molar-refractivity contribution in [1.29, 1.82) is 0 Å². The molecule has 0 aliphatic carbocycles. The fraction of sp³-hybridized carbons (Fsp3) is 0.217. The predicted octanol–water partition coefficient (Wildman–Crippen LogP) is 4.27. The van der Waals surface area contributed by atoms with E-state index in [0.29, 0.717) is 28.5 Å². The number of hydrogen-bond acceptors (Lipinski definition) is 6. The van der Waals surface area contributed by atoms with Gasteiger partial charge in [-0.1, -0.05) is 41.9 Å². The van der Waals surface area contributed by atoms with E-state index in [0.717, 1.165) is 11.3 Å². The molecular formula is C23H22ClN3O4S. The largest absolute Gasteiger partial charge is 0.467 e. The molecule has 1 aliphatic rings. The van der Waals surface area contributed by atoms with Crippen molar-refractivity contribution in [2.24, 2.45) is 5.10 Å². The van der Waals surface area contributed by atoms with Crippen LogP contribution in [0, 0.1) is 0 Å². The summed E-state index contributed by atoms with van der Waals surface area (Å²) in [4.78, 5) is 13.1. The number of hydrogen-bond donors (Lipinski definition) is 1. The van der Waals surface area contributed by atoms with E-state index in [1.54, 1.807) is 48.7 Å². The zero-order valence-corrected chi connectivity index (χ0v) is 18.9. The van der Waals surface area contributed by atoms with Crippen molar-refractivity contribution in [1.82, 2.24) is 5.01 Å². The molecule has 0 bridgehead atoms. The molecule has 166 valence electrons. The number of para-hydroxylation sites is 1. The Morgan fingerprint density at radius 1 is 1.16 bits per heavy atom. The second-order valence-electron chi connectivity index (χ2n) is 7.61. The number of benzene rings is 2. The number of sulfone groups is 1. The van der Waals surface area contributed by atoms with Crippen molar-refractivity contribution in [3.05, 3.63) is 88.8 Å². The Hall–Kier alpha value is -3.10. The Labute approximate surface area is 191 Å². The maximum Gasteiger partial charge on any atom is 0.262 e. The maximum atomic E-state index is 13.1. The van der Waals surface area contributed by atoms with Crippen LogP contribution in [0.25, 0.3) is 0 Å². The van der Waals surface area contributed by atoms with Crippen molar-refractivity contribution < 1.29 is 17.6 Å². The van der Waals surface area contributed by atoms with Gasteiger partial charge >= 0.3 is 0 Å². The SMILES string of the molecule is CS(=O)(=O)Cc1ccccc1NCC(=O)N1N=C(c2ccc(Cl)cc2)CC1c1ccco1. The highest BCUT2D eigenvalue weighted by Crippen LogP contribution is 2.33. The van der Waals surface area contributed by atoms with Gasteiger partial charge in [-0.25, -0.2) is 13.4 Å². The highest BCUT2D eigenvalue weighted by Gasteiger charge is 2.34. The summed E-state index contributed by atoms with van der Waals surface area (Å²) < 4.78 is 29.0. The molecule has 0 fully saturated rings. The van der Waals surface area contributed by atoms with Crippen LogP contribution in [0.1, 0.15) is 29.3 Å². The predicted molar refractivity (Wildman–Crippen MR) is 124 cm³/mol. The molecule has 0 saturated heterocycles. The lowest BCUT2D eigenvalue weighted by Crippen LogP contribution is -2.32. The standard InChI is InChI=1S/C23H22ClN3O4S/c1-32(29,30)15-17-5-2-3-6-19(17)25-14-23(28)27-21(22-7-4-12-31-22)13-20(26-27)16-8-10-18(24)11-9-16/h2-12,21,25H,13-15H2,1H3. The zero-order chi connectivity index (χ0) is 22.7. The third-order valence-corrected chi connectivity index (χ3v) is 6.17. The summed E-state index contributed by atoms with van der Waals surface area (Å²) in [5, 5.41) is 9.70. The van der Waals surface area contributed by atoms with Gasteiger partial charge < -0.3 is 9.73 Å². The van der Waals surface area contributed by atoms with Crippen LogP contribution >= 0.6 is 11.6 Å². The first-order valence-corrected chi connectivity index (χ1v) is 12.4. The number of amides is 1. The number of anilines is 1. The van der Waals surface area contributed by atoms with Crippen LogP contribution in [0.3, 0.4) is 0 Å². The van der Waals surface area contributed by atoms with Gasteiger partial charge in [0.2, 0.25) is 0 Å². The summed E-state index contributed by atoms with van der Waals surface area (Å²) in [6.07, 6.45) is 3.25. The number of rotatable bonds is 7. The fourth-order valence-corrected chi connectivity index (χ4v) is 4.56. The van der Waals surface area contributed by atoms with Gasteiger partial charge in [-0.2, -0.15) is 5.10 Å². The number of hydrazone groups is 1. The van der Waals surface area contributed by atoms with Crippen molar-refractivity contribution in [3.8, 4) is 0 Å². The topological polar surface area (TPSA) is 92.0 Å². The minimum atomic E-state index is -3.21. The smallest absolute Gasteiger partial charge is 0.262 e. The second-order valence-corrected chi connectivity index (χ2v) is 10.2. The van der Waals surface area contributed by atoms with Crippen LogP contribution < -0.4 is 5.32 Å². The van der Waals surface area contributed by atoms with Crippen LogP contribution in [-0.2, 0) is 20.4 Å².